The van der Waals surface area contributed by atoms with E-state index in [4.69, 9.17) is 14.2 Å². The zero-order chi connectivity index (χ0) is 23.3. The Balaban J connectivity index is 1.41. The molecule has 0 amide bonds. The van der Waals surface area contributed by atoms with Gasteiger partial charge >= 0.3 is 0 Å². The molecule has 0 unspecified atom stereocenters. The molecule has 5 heteroatoms. The molecule has 3 aliphatic rings. The van der Waals surface area contributed by atoms with Gasteiger partial charge in [-0.3, -0.25) is 4.90 Å². The van der Waals surface area contributed by atoms with E-state index in [9.17, 15) is 0 Å². The maximum atomic E-state index is 6.44. The van der Waals surface area contributed by atoms with Gasteiger partial charge in [0.2, 0.25) is 0 Å². The number of hydrogen-bond donors (Lipinski definition) is 0. The Bertz CT molecular complexity index is 948. The van der Waals surface area contributed by atoms with Gasteiger partial charge in [0, 0.05) is 37.2 Å². The fourth-order valence-electron chi connectivity index (χ4n) is 5.72. The van der Waals surface area contributed by atoms with Crippen molar-refractivity contribution in [2.75, 3.05) is 52.6 Å². The molecule has 1 atom stereocenters. The number of hydrogen-bond acceptors (Lipinski definition) is 5. The lowest BCUT2D eigenvalue weighted by molar-refractivity contribution is 0.0968. The standard InChI is InChI=1S/C29H40N2O3/c1-3-11-30-12-8-26(9-13-30)31-14-16-33-29-25(19-31)17-24(27-7-5-4-6-22(27)2)18-28(29)34-21-23-10-15-32-20-23/h4-7,17-18,23,26H,3,8-16,19-21H2,1-2H3/t23-/m1/s1. The molecule has 3 aliphatic heterocycles. The first-order valence-electron chi connectivity index (χ1n) is 13.2. The topological polar surface area (TPSA) is 34.2 Å². The lowest BCUT2D eigenvalue weighted by Gasteiger charge is -2.37. The molecule has 5 nitrogen and oxygen atoms in total. The molecule has 0 bridgehead atoms. The van der Waals surface area contributed by atoms with Crippen LogP contribution in [-0.4, -0.2) is 68.4 Å². The van der Waals surface area contributed by atoms with Gasteiger partial charge in [-0.15, -0.1) is 0 Å². The predicted octanol–water partition coefficient (Wildman–Crippen LogP) is 5.15. The molecule has 34 heavy (non-hydrogen) atoms. The first-order valence-corrected chi connectivity index (χ1v) is 13.2. The van der Waals surface area contributed by atoms with Crippen molar-refractivity contribution < 1.29 is 14.2 Å². The largest absolute Gasteiger partial charge is 0.489 e. The summed E-state index contributed by atoms with van der Waals surface area (Å²) in [5.41, 5.74) is 5.03. The van der Waals surface area contributed by atoms with Crippen LogP contribution in [0.5, 0.6) is 11.5 Å². The van der Waals surface area contributed by atoms with Gasteiger partial charge in [0.15, 0.2) is 11.5 Å². The number of likely N-dealkylation sites (tertiary alicyclic amines) is 1. The quantitative estimate of drug-likeness (QED) is 0.566. The third-order valence-corrected chi connectivity index (χ3v) is 7.70. The van der Waals surface area contributed by atoms with Crippen LogP contribution in [0, 0.1) is 12.8 Å². The van der Waals surface area contributed by atoms with Crippen molar-refractivity contribution in [3.8, 4) is 22.6 Å². The third kappa shape index (κ3) is 5.42. The van der Waals surface area contributed by atoms with Crippen LogP contribution in [0.1, 0.15) is 43.7 Å². The monoisotopic (exact) mass is 464 g/mol. The van der Waals surface area contributed by atoms with Crippen LogP contribution in [0.15, 0.2) is 36.4 Å². The molecule has 0 aromatic heterocycles. The summed E-state index contributed by atoms with van der Waals surface area (Å²) in [6.45, 7) is 13.1. The van der Waals surface area contributed by atoms with Gasteiger partial charge in [-0.1, -0.05) is 31.2 Å². The number of aryl methyl sites for hydroxylation is 1. The normalized spacial score (nSPS) is 22.2. The second kappa shape index (κ2) is 11.1. The van der Waals surface area contributed by atoms with Gasteiger partial charge in [0.25, 0.3) is 0 Å². The number of benzene rings is 2. The van der Waals surface area contributed by atoms with Crippen LogP contribution in [0.4, 0.5) is 0 Å². The maximum Gasteiger partial charge on any atom is 0.165 e. The summed E-state index contributed by atoms with van der Waals surface area (Å²) >= 11 is 0. The maximum absolute atomic E-state index is 6.44. The average Bonchev–Trinajstić information content (AvgIpc) is 3.28. The molecule has 2 saturated heterocycles. The van der Waals surface area contributed by atoms with Crippen LogP contribution >= 0.6 is 0 Å². The van der Waals surface area contributed by atoms with E-state index in [1.165, 1.54) is 61.2 Å². The summed E-state index contributed by atoms with van der Waals surface area (Å²) < 4.78 is 18.4. The van der Waals surface area contributed by atoms with Crippen molar-refractivity contribution in [1.82, 2.24) is 9.80 Å². The highest BCUT2D eigenvalue weighted by atomic mass is 16.5. The highest BCUT2D eigenvalue weighted by Crippen LogP contribution is 2.40. The summed E-state index contributed by atoms with van der Waals surface area (Å²) in [6, 6.07) is 13.8. The van der Waals surface area contributed by atoms with Gasteiger partial charge in [0.1, 0.15) is 6.61 Å². The van der Waals surface area contributed by atoms with Gasteiger partial charge in [-0.2, -0.15) is 0 Å². The van der Waals surface area contributed by atoms with Crippen molar-refractivity contribution in [3.63, 3.8) is 0 Å². The molecule has 2 aromatic rings. The molecule has 2 fully saturated rings. The summed E-state index contributed by atoms with van der Waals surface area (Å²) in [7, 11) is 0. The van der Waals surface area contributed by atoms with E-state index < -0.39 is 0 Å². The lowest BCUT2D eigenvalue weighted by Crippen LogP contribution is -2.45. The van der Waals surface area contributed by atoms with Crippen molar-refractivity contribution in [3.05, 3.63) is 47.5 Å². The molecule has 0 aliphatic carbocycles. The second-order valence-corrected chi connectivity index (χ2v) is 10.2. The fourth-order valence-corrected chi connectivity index (χ4v) is 5.72. The molecular weight excluding hydrogens is 424 g/mol. The van der Waals surface area contributed by atoms with E-state index in [2.05, 4.69) is 60.0 Å². The molecule has 0 N–H and O–H groups in total. The van der Waals surface area contributed by atoms with Crippen molar-refractivity contribution >= 4 is 0 Å². The Kier molecular flexibility index (Phi) is 7.73. The van der Waals surface area contributed by atoms with Crippen LogP contribution in [-0.2, 0) is 11.3 Å². The van der Waals surface area contributed by atoms with Crippen LogP contribution < -0.4 is 9.47 Å². The van der Waals surface area contributed by atoms with Gasteiger partial charge in [0.05, 0.1) is 13.2 Å². The van der Waals surface area contributed by atoms with Gasteiger partial charge in [-0.05, 0) is 81.1 Å². The van der Waals surface area contributed by atoms with E-state index in [0.29, 0.717) is 18.6 Å². The molecule has 0 radical (unpaired) electrons. The zero-order valence-electron chi connectivity index (χ0n) is 20.9. The smallest absolute Gasteiger partial charge is 0.165 e. The minimum absolute atomic E-state index is 0.466. The molecule has 0 spiro atoms. The first-order chi connectivity index (χ1) is 16.7. The molecule has 5 rings (SSSR count). The highest BCUT2D eigenvalue weighted by molar-refractivity contribution is 5.72. The molecular formula is C29H40N2O3. The number of ether oxygens (including phenoxy) is 3. The number of rotatable bonds is 7. The lowest BCUT2D eigenvalue weighted by atomic mass is 9.97. The van der Waals surface area contributed by atoms with E-state index in [1.54, 1.807) is 0 Å². The summed E-state index contributed by atoms with van der Waals surface area (Å²) in [4.78, 5) is 5.28. The van der Waals surface area contributed by atoms with Crippen molar-refractivity contribution in [1.29, 1.82) is 0 Å². The van der Waals surface area contributed by atoms with E-state index in [-0.39, 0.29) is 0 Å². The second-order valence-electron chi connectivity index (χ2n) is 10.2. The van der Waals surface area contributed by atoms with E-state index in [0.717, 1.165) is 50.8 Å². The third-order valence-electron chi connectivity index (χ3n) is 7.70. The summed E-state index contributed by atoms with van der Waals surface area (Å²) in [6.07, 6.45) is 4.81. The molecule has 184 valence electrons. The molecule has 0 saturated carbocycles. The van der Waals surface area contributed by atoms with Crippen LogP contribution in [0.3, 0.4) is 0 Å². The van der Waals surface area contributed by atoms with E-state index in [1.807, 2.05) is 0 Å². The first kappa shape index (κ1) is 23.7. The van der Waals surface area contributed by atoms with Crippen molar-refractivity contribution in [2.24, 2.45) is 5.92 Å². The number of piperidine rings is 1. The Morgan fingerprint density at radius 2 is 1.88 bits per heavy atom. The average molecular weight is 465 g/mol. The Morgan fingerprint density at radius 3 is 2.65 bits per heavy atom. The Labute approximate surface area is 205 Å². The Hall–Kier alpha value is -2.08. The van der Waals surface area contributed by atoms with E-state index >= 15 is 0 Å². The van der Waals surface area contributed by atoms with Gasteiger partial charge in [-0.25, -0.2) is 0 Å². The number of fused-ring (bicyclic) bond motifs is 1. The fraction of sp³-hybridized carbons (Fsp3) is 0.586. The summed E-state index contributed by atoms with van der Waals surface area (Å²) in [5, 5.41) is 0. The predicted molar refractivity (Wildman–Crippen MR) is 137 cm³/mol. The zero-order valence-corrected chi connectivity index (χ0v) is 20.9. The number of nitrogens with zero attached hydrogens (tertiary/aromatic N) is 2. The minimum Gasteiger partial charge on any atom is -0.489 e. The highest BCUT2D eigenvalue weighted by Gasteiger charge is 2.29. The minimum atomic E-state index is 0.466. The molecule has 3 heterocycles. The van der Waals surface area contributed by atoms with Crippen molar-refractivity contribution in [2.45, 2.75) is 52.1 Å². The molecule has 2 aromatic carbocycles. The van der Waals surface area contributed by atoms with Crippen LogP contribution in [0.25, 0.3) is 11.1 Å². The van der Waals surface area contributed by atoms with Gasteiger partial charge < -0.3 is 19.1 Å². The van der Waals surface area contributed by atoms with Crippen LogP contribution in [0.2, 0.25) is 0 Å². The SMILES string of the molecule is CCCN1CCC(N2CCOc3c(cc(-c4ccccc4C)cc3OC[C@@H]3CCOC3)C2)CC1. The summed E-state index contributed by atoms with van der Waals surface area (Å²) in [5.74, 6) is 2.30. The Morgan fingerprint density at radius 1 is 1.03 bits per heavy atom.